The van der Waals surface area contributed by atoms with Gasteiger partial charge in [-0.25, -0.2) is 9.37 Å². The second-order valence-electron chi connectivity index (χ2n) is 7.88. The number of benzene rings is 3. The van der Waals surface area contributed by atoms with Gasteiger partial charge in [0.2, 0.25) is 4.77 Å². The summed E-state index contributed by atoms with van der Waals surface area (Å²) in [6, 6.07) is 21.1. The summed E-state index contributed by atoms with van der Waals surface area (Å²) >= 11 is 5.53. The number of hydrogen-bond acceptors (Lipinski definition) is 7. The molecule has 2 N–H and O–H groups in total. The number of aromatic nitrogens is 3. The zero-order chi connectivity index (χ0) is 25.4. The molecule has 0 spiro atoms. The molecule has 2 heterocycles. The van der Waals surface area contributed by atoms with Crippen molar-refractivity contribution in [3.63, 3.8) is 0 Å². The summed E-state index contributed by atoms with van der Waals surface area (Å²) in [4.78, 5) is 19.9. The van der Waals surface area contributed by atoms with Crippen molar-refractivity contribution >= 4 is 34.8 Å². The number of nitro groups is 1. The van der Waals surface area contributed by atoms with Gasteiger partial charge < -0.3 is 10.5 Å². The predicted molar refractivity (Wildman–Crippen MR) is 138 cm³/mol. The van der Waals surface area contributed by atoms with E-state index in [2.05, 4.69) is 9.97 Å². The first-order valence-corrected chi connectivity index (χ1v) is 11.1. The number of fused-ring (bicyclic) bond motifs is 1. The van der Waals surface area contributed by atoms with Crippen molar-refractivity contribution in [1.29, 1.82) is 0 Å². The van der Waals surface area contributed by atoms with E-state index in [9.17, 15) is 14.5 Å². The smallest absolute Gasteiger partial charge is 0.269 e. The van der Waals surface area contributed by atoms with Crippen LogP contribution in [-0.4, -0.2) is 26.6 Å². The lowest BCUT2D eigenvalue weighted by Crippen LogP contribution is -2.09. The predicted octanol–water partition coefficient (Wildman–Crippen LogP) is 6.12. The lowest BCUT2D eigenvalue weighted by molar-refractivity contribution is -0.384. The molecule has 0 saturated carbocycles. The van der Waals surface area contributed by atoms with E-state index in [1.165, 1.54) is 24.3 Å². The van der Waals surface area contributed by atoms with Gasteiger partial charge in [-0.2, -0.15) is 4.98 Å². The number of methoxy groups -OCH3 is 1. The highest BCUT2D eigenvalue weighted by molar-refractivity contribution is 7.71. The van der Waals surface area contributed by atoms with Crippen molar-refractivity contribution in [1.82, 2.24) is 14.5 Å². The third-order valence-electron chi connectivity index (χ3n) is 5.75. The maximum atomic E-state index is 13.5. The van der Waals surface area contributed by atoms with Crippen LogP contribution in [0.15, 0.2) is 78.9 Å². The lowest BCUT2D eigenvalue weighted by Gasteiger charge is -2.17. The Morgan fingerprint density at radius 3 is 2.22 bits per heavy atom. The molecule has 36 heavy (non-hydrogen) atoms. The number of pyridine rings is 1. The van der Waals surface area contributed by atoms with Gasteiger partial charge in [-0.3, -0.25) is 14.7 Å². The van der Waals surface area contributed by atoms with Crippen molar-refractivity contribution in [2.24, 2.45) is 0 Å². The van der Waals surface area contributed by atoms with E-state index in [-0.39, 0.29) is 16.3 Å². The average molecular weight is 500 g/mol. The van der Waals surface area contributed by atoms with Crippen LogP contribution in [-0.2, 0) is 0 Å². The van der Waals surface area contributed by atoms with Crippen LogP contribution in [0.3, 0.4) is 0 Å². The topological polar surface area (TPSA) is 109 Å². The summed E-state index contributed by atoms with van der Waals surface area (Å²) in [5.74, 6) is 0.601. The van der Waals surface area contributed by atoms with Crippen molar-refractivity contribution < 1.29 is 14.1 Å². The maximum absolute atomic E-state index is 13.5. The molecular formula is C26H18FN5O3S. The third-order valence-corrected chi connectivity index (χ3v) is 6.02. The molecule has 8 nitrogen and oxygen atoms in total. The molecule has 0 atom stereocenters. The summed E-state index contributed by atoms with van der Waals surface area (Å²) in [7, 11) is 1.59. The summed E-state index contributed by atoms with van der Waals surface area (Å²) in [5, 5.41) is 11.6. The number of nitro benzene ring substituents is 1. The number of ether oxygens (including phenoxy) is 1. The summed E-state index contributed by atoms with van der Waals surface area (Å²) < 4.78 is 20.5. The highest BCUT2D eigenvalue weighted by Crippen LogP contribution is 2.36. The van der Waals surface area contributed by atoms with Gasteiger partial charge in [0.1, 0.15) is 17.4 Å². The van der Waals surface area contributed by atoms with Gasteiger partial charge in [0.05, 0.1) is 28.8 Å². The SMILES string of the molecule is COc1ccc(-c2cc(-c3ccc([N+](=O)[O-])cc3)nc3nc(=S)n(-c4ccc(F)cc4)c(N)c23)cc1. The quantitative estimate of drug-likeness (QED) is 0.176. The Morgan fingerprint density at radius 1 is 0.972 bits per heavy atom. The van der Waals surface area contributed by atoms with Crippen LogP contribution in [0.2, 0.25) is 0 Å². The highest BCUT2D eigenvalue weighted by Gasteiger charge is 2.18. The fourth-order valence-corrected chi connectivity index (χ4v) is 4.25. The molecule has 10 heteroatoms. The number of nitrogen functional groups attached to an aromatic ring is 1. The Morgan fingerprint density at radius 2 is 1.61 bits per heavy atom. The van der Waals surface area contributed by atoms with Crippen molar-refractivity contribution in [2.75, 3.05) is 12.8 Å². The number of anilines is 1. The monoisotopic (exact) mass is 499 g/mol. The number of rotatable bonds is 5. The molecule has 178 valence electrons. The van der Waals surface area contributed by atoms with Crippen molar-refractivity contribution in [3.8, 4) is 33.8 Å². The molecule has 3 aromatic carbocycles. The Kier molecular flexibility index (Phi) is 5.87. The Balaban J connectivity index is 1.80. The molecule has 0 aliphatic heterocycles. The minimum absolute atomic E-state index is 0.0227. The van der Waals surface area contributed by atoms with Crippen LogP contribution in [0, 0.1) is 20.7 Å². The average Bonchev–Trinajstić information content (AvgIpc) is 2.89. The first-order chi connectivity index (χ1) is 17.4. The van der Waals surface area contributed by atoms with Crippen molar-refractivity contribution in [3.05, 3.63) is 99.6 Å². The molecule has 0 saturated heterocycles. The zero-order valence-corrected chi connectivity index (χ0v) is 19.7. The third kappa shape index (κ3) is 4.14. The Bertz CT molecular complexity index is 1670. The number of nitrogens with two attached hydrogens (primary N) is 1. The second-order valence-corrected chi connectivity index (χ2v) is 8.24. The first-order valence-electron chi connectivity index (χ1n) is 10.7. The number of nitrogens with zero attached hydrogens (tertiary/aromatic N) is 4. The molecule has 0 aliphatic carbocycles. The summed E-state index contributed by atoms with van der Waals surface area (Å²) in [6.45, 7) is 0. The standard InChI is InChI=1S/C26H18FN5O3S/c1-35-20-12-4-15(5-13-20)21-14-22(16-2-8-19(9-3-16)32(33)34)29-25-23(21)24(28)31(26(36)30-25)18-10-6-17(27)7-11-18/h2-14H,28H2,1H3. The van der Waals surface area contributed by atoms with Gasteiger partial charge in [-0.05, 0) is 77.9 Å². The van der Waals surface area contributed by atoms with Gasteiger partial charge in [-0.15, -0.1) is 0 Å². The van der Waals surface area contributed by atoms with E-state index < -0.39 is 4.92 Å². The van der Waals surface area contributed by atoms with Crippen LogP contribution in [0.5, 0.6) is 5.75 Å². The molecule has 0 amide bonds. The number of non-ortho nitro benzene ring substituents is 1. The first kappa shape index (κ1) is 23.1. The van der Waals surface area contributed by atoms with Gasteiger partial charge in [0, 0.05) is 17.7 Å². The molecular weight excluding hydrogens is 481 g/mol. The van der Waals surface area contributed by atoms with E-state index >= 15 is 0 Å². The fourth-order valence-electron chi connectivity index (χ4n) is 3.96. The normalized spacial score (nSPS) is 10.9. The van der Waals surface area contributed by atoms with Crippen LogP contribution in [0.1, 0.15) is 0 Å². The van der Waals surface area contributed by atoms with E-state index in [0.29, 0.717) is 39.5 Å². The van der Waals surface area contributed by atoms with E-state index in [0.717, 1.165) is 11.1 Å². The Hall–Kier alpha value is -4.70. The molecule has 0 aliphatic rings. The van der Waals surface area contributed by atoms with E-state index in [1.54, 1.807) is 35.9 Å². The van der Waals surface area contributed by atoms with Crippen LogP contribution in [0.25, 0.3) is 39.1 Å². The number of hydrogen-bond donors (Lipinski definition) is 1. The molecule has 5 rings (SSSR count). The van der Waals surface area contributed by atoms with E-state index in [4.69, 9.17) is 22.7 Å². The molecule has 2 aromatic heterocycles. The van der Waals surface area contributed by atoms with Gasteiger partial charge >= 0.3 is 0 Å². The zero-order valence-electron chi connectivity index (χ0n) is 18.9. The summed E-state index contributed by atoms with van der Waals surface area (Å²) in [6.07, 6.45) is 0. The second kappa shape index (κ2) is 9.16. The summed E-state index contributed by atoms with van der Waals surface area (Å²) in [5.41, 5.74) is 10.3. The van der Waals surface area contributed by atoms with Crippen LogP contribution >= 0.6 is 12.2 Å². The lowest BCUT2D eigenvalue weighted by atomic mass is 9.99. The fraction of sp³-hybridized carbons (Fsp3) is 0.0385. The van der Waals surface area contributed by atoms with Crippen LogP contribution in [0.4, 0.5) is 15.9 Å². The maximum Gasteiger partial charge on any atom is 0.269 e. The van der Waals surface area contributed by atoms with Gasteiger partial charge in [0.15, 0.2) is 5.65 Å². The number of halogens is 1. The van der Waals surface area contributed by atoms with Crippen molar-refractivity contribution in [2.45, 2.75) is 0 Å². The molecule has 0 fully saturated rings. The molecule has 5 aromatic rings. The molecule has 0 bridgehead atoms. The molecule has 0 radical (unpaired) electrons. The van der Waals surface area contributed by atoms with E-state index in [1.807, 2.05) is 30.3 Å². The Labute approximate surface area is 209 Å². The molecule has 0 unspecified atom stereocenters. The highest BCUT2D eigenvalue weighted by atomic mass is 32.1. The van der Waals surface area contributed by atoms with Crippen LogP contribution < -0.4 is 10.5 Å². The van der Waals surface area contributed by atoms with Gasteiger partial charge in [0.25, 0.3) is 5.69 Å². The largest absolute Gasteiger partial charge is 0.497 e. The van der Waals surface area contributed by atoms with Gasteiger partial charge in [-0.1, -0.05) is 12.1 Å². The minimum Gasteiger partial charge on any atom is -0.497 e. The minimum atomic E-state index is -0.458.